The van der Waals surface area contributed by atoms with Gasteiger partial charge in [0.15, 0.2) is 0 Å². The van der Waals surface area contributed by atoms with Gasteiger partial charge in [-0.25, -0.2) is 0 Å². The topological polar surface area (TPSA) is 82.9 Å². The maximum absolute atomic E-state index is 13.7. The fraction of sp³-hybridized carbons (Fsp3) is 0.480. The minimum Gasteiger partial charge on any atom is -0.496 e. The number of likely N-dealkylation sites (N-methyl/N-ethyl adjacent to an activating group) is 1. The predicted molar refractivity (Wildman–Crippen MR) is 139 cm³/mol. The van der Waals surface area contributed by atoms with Crippen LogP contribution in [0.15, 0.2) is 30.5 Å². The molecule has 1 N–H and O–H groups in total. The zero-order chi connectivity index (χ0) is 24.9. The molecule has 0 unspecified atom stereocenters. The van der Waals surface area contributed by atoms with Crippen LogP contribution in [-0.4, -0.2) is 103 Å². The molecule has 188 valence electrons. The number of fused-ring (bicyclic) bond motifs is 1. The third kappa shape index (κ3) is 5.66. The second kappa shape index (κ2) is 11.2. The summed E-state index contributed by atoms with van der Waals surface area (Å²) in [7, 11) is 7.30. The second-order valence-corrected chi connectivity index (χ2v) is 9.92. The van der Waals surface area contributed by atoms with Crippen molar-refractivity contribution in [1.29, 1.82) is 0 Å². The Bertz CT molecular complexity index is 1180. The lowest BCUT2D eigenvalue weighted by Gasteiger charge is -2.34. The first-order valence-electron chi connectivity index (χ1n) is 11.9. The number of aryl methyl sites for hydroxylation is 1. The van der Waals surface area contributed by atoms with Crippen molar-refractivity contribution in [1.82, 2.24) is 29.8 Å². The molecule has 3 aromatic rings. The van der Waals surface area contributed by atoms with Gasteiger partial charge in [0, 0.05) is 88.2 Å². The number of carbonyl (C=O) groups is 2. The lowest BCUT2D eigenvalue weighted by Crippen LogP contribution is -2.48. The number of nitrogens with zero attached hydrogens (tertiary/aromatic N) is 5. The van der Waals surface area contributed by atoms with Crippen LogP contribution in [0.4, 0.5) is 0 Å². The van der Waals surface area contributed by atoms with E-state index in [4.69, 9.17) is 4.74 Å². The Morgan fingerprint density at radius 2 is 1.91 bits per heavy atom. The van der Waals surface area contributed by atoms with E-state index in [0.717, 1.165) is 59.8 Å². The van der Waals surface area contributed by atoms with Crippen molar-refractivity contribution in [3.05, 3.63) is 35.3 Å². The van der Waals surface area contributed by atoms with Crippen molar-refractivity contribution in [2.45, 2.75) is 6.42 Å². The quantitative estimate of drug-likeness (QED) is 0.487. The molecule has 3 heterocycles. The number of thiophene rings is 1. The van der Waals surface area contributed by atoms with Crippen LogP contribution >= 0.6 is 11.3 Å². The van der Waals surface area contributed by atoms with E-state index in [0.29, 0.717) is 18.0 Å². The van der Waals surface area contributed by atoms with Gasteiger partial charge in [0.25, 0.3) is 5.91 Å². The van der Waals surface area contributed by atoms with Crippen LogP contribution in [0.3, 0.4) is 0 Å². The first-order chi connectivity index (χ1) is 16.9. The summed E-state index contributed by atoms with van der Waals surface area (Å²) in [5.74, 6) is 0.608. The number of piperazine rings is 1. The van der Waals surface area contributed by atoms with Crippen molar-refractivity contribution < 1.29 is 14.3 Å². The molecule has 9 nitrogen and oxygen atoms in total. The van der Waals surface area contributed by atoms with E-state index in [1.807, 2.05) is 40.9 Å². The third-order valence-corrected chi connectivity index (χ3v) is 7.78. The van der Waals surface area contributed by atoms with Gasteiger partial charge in [-0.1, -0.05) is 0 Å². The molecular formula is C25H34N6O3S. The average molecular weight is 499 g/mol. The summed E-state index contributed by atoms with van der Waals surface area (Å²) >= 11 is 1.47. The van der Waals surface area contributed by atoms with Crippen LogP contribution in [0.1, 0.15) is 16.1 Å². The first kappa shape index (κ1) is 25.2. The van der Waals surface area contributed by atoms with Crippen LogP contribution in [0, 0.1) is 0 Å². The van der Waals surface area contributed by atoms with Crippen LogP contribution in [0.2, 0.25) is 0 Å². The average Bonchev–Trinajstić information content (AvgIpc) is 3.50. The Balaban J connectivity index is 1.62. The molecule has 0 saturated carbocycles. The smallest absolute Gasteiger partial charge is 0.264 e. The van der Waals surface area contributed by atoms with E-state index in [1.54, 1.807) is 20.4 Å². The Labute approximate surface area is 210 Å². The molecule has 1 aliphatic rings. The van der Waals surface area contributed by atoms with E-state index in [-0.39, 0.29) is 18.2 Å². The third-order valence-electron chi connectivity index (χ3n) is 6.63. The highest BCUT2D eigenvalue weighted by Gasteiger charge is 2.23. The number of aromatic nitrogens is 2. The van der Waals surface area contributed by atoms with Gasteiger partial charge in [-0.15, -0.1) is 11.3 Å². The van der Waals surface area contributed by atoms with E-state index in [9.17, 15) is 9.59 Å². The summed E-state index contributed by atoms with van der Waals surface area (Å²) in [5.41, 5.74) is 1.99. The minimum absolute atomic E-state index is 0.0535. The number of methoxy groups -OCH3 is 1. The maximum Gasteiger partial charge on any atom is 0.264 e. The van der Waals surface area contributed by atoms with Gasteiger partial charge in [0.2, 0.25) is 5.91 Å². The molecule has 0 aliphatic carbocycles. The molecule has 1 saturated heterocycles. The van der Waals surface area contributed by atoms with E-state index in [1.165, 1.54) is 11.3 Å². The summed E-state index contributed by atoms with van der Waals surface area (Å²) in [6, 6.07) is 7.83. The maximum atomic E-state index is 13.7. The highest BCUT2D eigenvalue weighted by atomic mass is 32.1. The molecule has 2 aromatic heterocycles. The van der Waals surface area contributed by atoms with Gasteiger partial charge >= 0.3 is 0 Å². The molecule has 4 rings (SSSR count). The summed E-state index contributed by atoms with van der Waals surface area (Å²) in [5, 5.41) is 7.87. The Hall–Kier alpha value is -2.95. The number of hydrogen-bond donors (Lipinski definition) is 1. The molecule has 35 heavy (non-hydrogen) atoms. The minimum atomic E-state index is -0.0705. The van der Waals surface area contributed by atoms with Crippen molar-refractivity contribution >= 4 is 33.2 Å². The highest BCUT2D eigenvalue weighted by Crippen LogP contribution is 2.40. The van der Waals surface area contributed by atoms with E-state index < -0.39 is 0 Å². The first-order valence-corrected chi connectivity index (χ1v) is 12.7. The Morgan fingerprint density at radius 3 is 2.57 bits per heavy atom. The predicted octanol–water partition coefficient (Wildman–Crippen LogP) is 2.14. The van der Waals surface area contributed by atoms with Gasteiger partial charge in [-0.2, -0.15) is 5.10 Å². The van der Waals surface area contributed by atoms with E-state index >= 15 is 0 Å². The monoisotopic (exact) mass is 498 g/mol. The molecule has 0 atom stereocenters. The van der Waals surface area contributed by atoms with E-state index in [2.05, 4.69) is 27.3 Å². The van der Waals surface area contributed by atoms with Crippen molar-refractivity contribution in [2.75, 3.05) is 67.0 Å². The van der Waals surface area contributed by atoms with Crippen molar-refractivity contribution in [3.8, 4) is 17.0 Å². The Morgan fingerprint density at radius 1 is 1.14 bits per heavy atom. The van der Waals surface area contributed by atoms with Crippen LogP contribution in [0.5, 0.6) is 5.75 Å². The number of ether oxygens (including phenoxy) is 1. The van der Waals surface area contributed by atoms with Crippen molar-refractivity contribution in [3.63, 3.8) is 0 Å². The normalized spacial score (nSPS) is 14.9. The van der Waals surface area contributed by atoms with Gasteiger partial charge in [-0.05, 0) is 31.3 Å². The lowest BCUT2D eigenvalue weighted by atomic mass is 10.1. The standard InChI is InChI=1S/C25H34N6O3S/c1-26-23(32)8-10-31(16-15-30-13-11-28(2)12-14-30)25(33)22-17-19-21(34-4)6-5-18(24(19)35-22)20-7-9-27-29(20)3/h5-7,9,17H,8,10-16H2,1-4H3,(H,26,32). The summed E-state index contributed by atoms with van der Waals surface area (Å²) < 4.78 is 8.42. The lowest BCUT2D eigenvalue weighted by molar-refractivity contribution is -0.120. The zero-order valence-electron chi connectivity index (χ0n) is 20.9. The molecule has 0 radical (unpaired) electrons. The molecular weight excluding hydrogens is 464 g/mol. The van der Waals surface area contributed by atoms with Crippen molar-refractivity contribution in [2.24, 2.45) is 7.05 Å². The number of rotatable bonds is 9. The number of nitrogens with one attached hydrogen (secondary N) is 1. The fourth-order valence-corrected chi connectivity index (χ4v) is 5.55. The molecule has 10 heteroatoms. The van der Waals surface area contributed by atoms with Crippen LogP contribution in [-0.2, 0) is 11.8 Å². The van der Waals surface area contributed by atoms with Gasteiger partial charge in [0.05, 0.1) is 17.7 Å². The second-order valence-electron chi connectivity index (χ2n) is 8.87. The number of benzene rings is 1. The summed E-state index contributed by atoms with van der Waals surface area (Å²) in [6.45, 7) is 5.79. The highest BCUT2D eigenvalue weighted by molar-refractivity contribution is 7.21. The zero-order valence-corrected chi connectivity index (χ0v) is 21.7. The SMILES string of the molecule is CNC(=O)CCN(CCN1CCN(C)CC1)C(=O)c1cc2c(OC)ccc(-c3ccnn3C)c2s1. The largest absolute Gasteiger partial charge is 0.496 e. The number of carbonyl (C=O) groups excluding carboxylic acids is 2. The summed E-state index contributed by atoms with van der Waals surface area (Å²) in [4.78, 5) is 32.8. The molecule has 1 aromatic carbocycles. The molecule has 1 aliphatic heterocycles. The fourth-order valence-electron chi connectivity index (χ4n) is 4.39. The number of amides is 2. The van der Waals surface area contributed by atoms with Crippen LogP contribution < -0.4 is 10.1 Å². The summed E-state index contributed by atoms with van der Waals surface area (Å²) in [6.07, 6.45) is 2.05. The van der Waals surface area contributed by atoms with Gasteiger partial charge in [-0.3, -0.25) is 19.2 Å². The molecule has 1 fully saturated rings. The molecule has 0 bridgehead atoms. The van der Waals surface area contributed by atoms with Crippen LogP contribution in [0.25, 0.3) is 21.3 Å². The van der Waals surface area contributed by atoms with Gasteiger partial charge in [0.1, 0.15) is 5.75 Å². The number of hydrogen-bond acceptors (Lipinski definition) is 7. The molecule has 0 spiro atoms. The van der Waals surface area contributed by atoms with Gasteiger partial charge < -0.3 is 19.9 Å². The molecule has 2 amide bonds. The Kier molecular flexibility index (Phi) is 8.04.